The molecule has 0 radical (unpaired) electrons. The summed E-state index contributed by atoms with van der Waals surface area (Å²) in [4.78, 5) is 20.2. The predicted octanol–water partition coefficient (Wildman–Crippen LogP) is 4.33. The topological polar surface area (TPSA) is 57.0 Å². The number of rotatable bonds is 5. The van der Waals surface area contributed by atoms with E-state index in [9.17, 15) is 4.79 Å². The van der Waals surface area contributed by atoms with Gasteiger partial charge in [-0.15, -0.1) is 12.5 Å². The molecule has 5 nitrogen and oxygen atoms in total. The first-order valence-electron chi connectivity index (χ1n) is 9.66. The maximum atomic E-state index is 12.1. The van der Waals surface area contributed by atoms with Gasteiger partial charge < -0.3 is 9.30 Å². The Bertz CT molecular complexity index is 882. The highest BCUT2D eigenvalue weighted by Crippen LogP contribution is 2.27. The van der Waals surface area contributed by atoms with Gasteiger partial charge in [0.15, 0.2) is 5.82 Å². The Hall–Kier alpha value is -2.87. The summed E-state index contributed by atoms with van der Waals surface area (Å²) >= 11 is 0. The third kappa shape index (κ3) is 7.03. The van der Waals surface area contributed by atoms with Crippen molar-refractivity contribution in [3.05, 3.63) is 65.1 Å². The quantitative estimate of drug-likeness (QED) is 0.573. The molecule has 2 aromatic heterocycles. The first-order valence-corrected chi connectivity index (χ1v) is 9.66. The number of allylic oxidation sites excluding steroid dienone is 1. The summed E-state index contributed by atoms with van der Waals surface area (Å²) in [5, 5.41) is 0. The SMILES string of the molecule is C=CC(C)n1c(C)cc(OCc2ncccn2)cc1=O.CC(C)C#CC1CC1. The summed E-state index contributed by atoms with van der Waals surface area (Å²) in [6.07, 6.45) is 7.73. The van der Waals surface area contributed by atoms with Gasteiger partial charge in [-0.05, 0) is 38.8 Å². The minimum Gasteiger partial charge on any atom is -0.485 e. The van der Waals surface area contributed by atoms with Gasteiger partial charge in [-0.25, -0.2) is 9.97 Å². The minimum atomic E-state index is -0.110. The standard InChI is InChI=1S/C15H17N3O2.C8H12/c1-4-11(2)18-12(3)8-13(9-15(18)19)20-10-14-16-6-5-7-17-14;1-7(2)3-4-8-5-6-8/h4-9,11H,1,10H2,2-3H3;7-8H,5-6H2,1-2H3. The fraction of sp³-hybridized carbons (Fsp3) is 0.435. The number of aromatic nitrogens is 3. The van der Waals surface area contributed by atoms with Crippen molar-refractivity contribution >= 4 is 0 Å². The van der Waals surface area contributed by atoms with Crippen molar-refractivity contribution in [3.63, 3.8) is 0 Å². The Kier molecular flexibility index (Phi) is 8.01. The largest absolute Gasteiger partial charge is 0.485 e. The van der Waals surface area contributed by atoms with E-state index >= 15 is 0 Å². The van der Waals surface area contributed by atoms with Crippen LogP contribution in [-0.2, 0) is 6.61 Å². The number of pyridine rings is 1. The number of ether oxygens (including phenoxy) is 1. The average molecular weight is 380 g/mol. The molecule has 0 saturated heterocycles. The molecular formula is C23H29N3O2. The van der Waals surface area contributed by atoms with Gasteiger partial charge >= 0.3 is 0 Å². The lowest BCUT2D eigenvalue weighted by Gasteiger charge is -2.15. The van der Waals surface area contributed by atoms with E-state index in [0.29, 0.717) is 17.5 Å². The van der Waals surface area contributed by atoms with Crippen LogP contribution in [0.25, 0.3) is 0 Å². The van der Waals surface area contributed by atoms with E-state index < -0.39 is 0 Å². The van der Waals surface area contributed by atoms with Crippen molar-refractivity contribution in [2.24, 2.45) is 11.8 Å². The summed E-state index contributed by atoms with van der Waals surface area (Å²) in [7, 11) is 0. The molecule has 1 fully saturated rings. The van der Waals surface area contributed by atoms with E-state index in [0.717, 1.165) is 11.6 Å². The van der Waals surface area contributed by atoms with Crippen LogP contribution in [0.5, 0.6) is 5.75 Å². The highest BCUT2D eigenvalue weighted by atomic mass is 16.5. The van der Waals surface area contributed by atoms with Gasteiger partial charge in [-0.1, -0.05) is 25.8 Å². The van der Waals surface area contributed by atoms with Crippen LogP contribution >= 0.6 is 0 Å². The van der Waals surface area contributed by atoms with Crippen LogP contribution in [0, 0.1) is 30.6 Å². The van der Waals surface area contributed by atoms with Crippen molar-refractivity contribution in [2.45, 2.75) is 53.2 Å². The molecule has 0 spiro atoms. The third-order valence-corrected chi connectivity index (χ3v) is 4.12. The summed E-state index contributed by atoms with van der Waals surface area (Å²) in [5.74, 6) is 8.80. The second-order valence-corrected chi connectivity index (χ2v) is 7.19. The molecule has 0 amide bonds. The first-order chi connectivity index (χ1) is 13.4. The fourth-order valence-electron chi connectivity index (χ4n) is 2.46. The predicted molar refractivity (Wildman–Crippen MR) is 112 cm³/mol. The van der Waals surface area contributed by atoms with Crippen LogP contribution in [0.2, 0.25) is 0 Å². The normalized spacial score (nSPS) is 13.6. The summed E-state index contributed by atoms with van der Waals surface area (Å²) in [6.45, 7) is 12.0. The Balaban J connectivity index is 0.000000292. The minimum absolute atomic E-state index is 0.0472. The van der Waals surface area contributed by atoms with E-state index in [1.807, 2.05) is 19.9 Å². The second kappa shape index (κ2) is 10.5. The molecule has 0 bridgehead atoms. The molecule has 1 aliphatic carbocycles. The Labute approximate surface area is 167 Å². The average Bonchev–Trinajstić information content (AvgIpc) is 3.50. The molecule has 148 valence electrons. The Morgan fingerprint density at radius 1 is 1.29 bits per heavy atom. The lowest BCUT2D eigenvalue weighted by Crippen LogP contribution is -2.23. The molecular weight excluding hydrogens is 350 g/mol. The summed E-state index contributed by atoms with van der Waals surface area (Å²) in [6, 6.07) is 4.99. The van der Waals surface area contributed by atoms with E-state index in [1.165, 1.54) is 18.9 Å². The first kappa shape index (κ1) is 21.4. The van der Waals surface area contributed by atoms with Crippen LogP contribution in [0.15, 0.2) is 48.0 Å². The Morgan fingerprint density at radius 3 is 2.50 bits per heavy atom. The maximum absolute atomic E-state index is 12.1. The third-order valence-electron chi connectivity index (χ3n) is 4.12. The van der Waals surface area contributed by atoms with Gasteiger partial charge in [0.1, 0.15) is 12.4 Å². The van der Waals surface area contributed by atoms with Gasteiger partial charge in [-0.3, -0.25) is 4.79 Å². The monoisotopic (exact) mass is 379 g/mol. The smallest absolute Gasteiger partial charge is 0.254 e. The molecule has 0 aromatic carbocycles. The van der Waals surface area contributed by atoms with E-state index in [1.54, 1.807) is 29.1 Å². The van der Waals surface area contributed by atoms with Crippen LogP contribution < -0.4 is 10.3 Å². The van der Waals surface area contributed by atoms with Crippen molar-refractivity contribution in [1.29, 1.82) is 0 Å². The zero-order valence-electron chi connectivity index (χ0n) is 17.2. The summed E-state index contributed by atoms with van der Waals surface area (Å²) < 4.78 is 7.22. The van der Waals surface area contributed by atoms with E-state index in [-0.39, 0.29) is 18.2 Å². The molecule has 1 saturated carbocycles. The molecule has 0 aliphatic heterocycles. The highest BCUT2D eigenvalue weighted by molar-refractivity contribution is 5.24. The van der Waals surface area contributed by atoms with Crippen molar-refractivity contribution in [3.8, 4) is 17.6 Å². The van der Waals surface area contributed by atoms with Crippen molar-refractivity contribution < 1.29 is 4.74 Å². The molecule has 0 N–H and O–H groups in total. The molecule has 5 heteroatoms. The number of aryl methyl sites for hydroxylation is 1. The molecule has 3 rings (SSSR count). The van der Waals surface area contributed by atoms with Crippen LogP contribution in [-0.4, -0.2) is 14.5 Å². The highest BCUT2D eigenvalue weighted by Gasteiger charge is 2.17. The van der Waals surface area contributed by atoms with Crippen LogP contribution in [0.4, 0.5) is 0 Å². The molecule has 1 atom stereocenters. The zero-order valence-corrected chi connectivity index (χ0v) is 17.2. The van der Waals surface area contributed by atoms with Crippen molar-refractivity contribution in [1.82, 2.24) is 14.5 Å². The number of nitrogens with zero attached hydrogens (tertiary/aromatic N) is 3. The summed E-state index contributed by atoms with van der Waals surface area (Å²) in [5.41, 5.74) is 0.718. The van der Waals surface area contributed by atoms with Gasteiger partial charge in [-0.2, -0.15) is 0 Å². The molecule has 1 aliphatic rings. The fourth-order valence-corrected chi connectivity index (χ4v) is 2.46. The van der Waals surface area contributed by atoms with E-state index in [2.05, 4.69) is 42.2 Å². The van der Waals surface area contributed by atoms with Gasteiger partial charge in [0, 0.05) is 36.0 Å². The van der Waals surface area contributed by atoms with Crippen LogP contribution in [0.3, 0.4) is 0 Å². The number of hydrogen-bond acceptors (Lipinski definition) is 4. The molecule has 2 heterocycles. The van der Waals surface area contributed by atoms with E-state index in [4.69, 9.17) is 4.74 Å². The molecule has 1 unspecified atom stereocenters. The lowest BCUT2D eigenvalue weighted by atomic mass is 10.2. The van der Waals surface area contributed by atoms with Gasteiger partial charge in [0.2, 0.25) is 0 Å². The molecule has 28 heavy (non-hydrogen) atoms. The second-order valence-electron chi connectivity index (χ2n) is 7.19. The lowest BCUT2D eigenvalue weighted by molar-refractivity contribution is 0.294. The van der Waals surface area contributed by atoms with Crippen molar-refractivity contribution in [2.75, 3.05) is 0 Å². The number of hydrogen-bond donors (Lipinski definition) is 0. The maximum Gasteiger partial charge on any atom is 0.254 e. The van der Waals surface area contributed by atoms with Gasteiger partial charge in [0.05, 0.1) is 6.04 Å². The Morgan fingerprint density at radius 2 is 1.96 bits per heavy atom. The zero-order chi connectivity index (χ0) is 20.5. The van der Waals surface area contributed by atoms with Gasteiger partial charge in [0.25, 0.3) is 5.56 Å². The van der Waals surface area contributed by atoms with Crippen LogP contribution in [0.1, 0.15) is 51.2 Å². The molecule has 2 aromatic rings.